The van der Waals surface area contributed by atoms with Gasteiger partial charge in [-0.05, 0) is 72.7 Å². The van der Waals surface area contributed by atoms with Gasteiger partial charge in [0.1, 0.15) is 5.75 Å². The Morgan fingerprint density at radius 3 is 2.50 bits per heavy atom. The van der Waals surface area contributed by atoms with Gasteiger partial charge in [0.05, 0.1) is 18.0 Å². The van der Waals surface area contributed by atoms with Gasteiger partial charge in [0, 0.05) is 5.56 Å². The SMILES string of the molecule is COc1ccc(-n2nnnc2SC(C)C(=O)c2ccc(C)c(C)c2)cc1. The Kier molecular flexibility index (Phi) is 5.37. The van der Waals surface area contributed by atoms with Gasteiger partial charge in [-0.1, -0.05) is 23.9 Å². The van der Waals surface area contributed by atoms with E-state index in [2.05, 4.69) is 15.5 Å². The molecule has 26 heavy (non-hydrogen) atoms. The van der Waals surface area contributed by atoms with Crippen LogP contribution < -0.4 is 4.74 Å². The van der Waals surface area contributed by atoms with Gasteiger partial charge in [-0.15, -0.1) is 5.10 Å². The number of carbonyl (C=O) groups excluding carboxylic acids is 1. The summed E-state index contributed by atoms with van der Waals surface area (Å²) in [5.74, 6) is 0.816. The van der Waals surface area contributed by atoms with Crippen LogP contribution in [0, 0.1) is 13.8 Å². The summed E-state index contributed by atoms with van der Waals surface area (Å²) in [4.78, 5) is 12.8. The Morgan fingerprint density at radius 1 is 1.12 bits per heavy atom. The lowest BCUT2D eigenvalue weighted by Gasteiger charge is -2.11. The third-order valence-corrected chi connectivity index (χ3v) is 5.23. The zero-order chi connectivity index (χ0) is 18.7. The fourth-order valence-corrected chi connectivity index (χ4v) is 3.36. The standard InChI is InChI=1S/C19H20N4O2S/c1-12-5-6-15(11-13(12)2)18(24)14(3)26-19-20-21-22-23(19)16-7-9-17(25-4)10-8-16/h5-11,14H,1-4H3. The van der Waals surface area contributed by atoms with Crippen LogP contribution in [-0.4, -0.2) is 38.4 Å². The molecule has 0 radical (unpaired) electrons. The van der Waals surface area contributed by atoms with Gasteiger partial charge in [-0.3, -0.25) is 4.79 Å². The summed E-state index contributed by atoms with van der Waals surface area (Å²) in [6.07, 6.45) is 0. The summed E-state index contributed by atoms with van der Waals surface area (Å²) in [6.45, 7) is 5.91. The smallest absolute Gasteiger partial charge is 0.214 e. The molecular formula is C19H20N4O2S. The summed E-state index contributed by atoms with van der Waals surface area (Å²) in [5, 5.41) is 12.1. The molecule has 1 aromatic heterocycles. The second-order valence-electron chi connectivity index (χ2n) is 5.99. The molecule has 0 fully saturated rings. The number of hydrogen-bond acceptors (Lipinski definition) is 6. The van der Waals surface area contributed by atoms with Crippen molar-refractivity contribution in [3.8, 4) is 11.4 Å². The average molecular weight is 368 g/mol. The molecule has 0 aliphatic heterocycles. The van der Waals surface area contributed by atoms with Crippen molar-refractivity contribution in [3.05, 3.63) is 59.2 Å². The predicted octanol–water partition coefficient (Wildman–Crippen LogP) is 3.65. The molecule has 6 nitrogen and oxygen atoms in total. The number of aryl methyl sites for hydroxylation is 2. The first-order chi connectivity index (χ1) is 12.5. The number of hydrogen-bond donors (Lipinski definition) is 0. The van der Waals surface area contributed by atoms with Crippen LogP contribution in [0.4, 0.5) is 0 Å². The summed E-state index contributed by atoms with van der Waals surface area (Å²) in [5.41, 5.74) is 3.79. The molecule has 7 heteroatoms. The molecule has 3 aromatic rings. The minimum Gasteiger partial charge on any atom is -0.497 e. The maximum absolute atomic E-state index is 12.8. The molecule has 2 aromatic carbocycles. The third kappa shape index (κ3) is 3.77. The summed E-state index contributed by atoms with van der Waals surface area (Å²) in [6, 6.07) is 13.2. The van der Waals surface area contributed by atoms with Crippen molar-refractivity contribution >= 4 is 17.5 Å². The highest BCUT2D eigenvalue weighted by Gasteiger charge is 2.21. The fraction of sp³-hybridized carbons (Fsp3) is 0.263. The van der Waals surface area contributed by atoms with E-state index in [0.717, 1.165) is 17.0 Å². The maximum atomic E-state index is 12.8. The maximum Gasteiger partial charge on any atom is 0.214 e. The summed E-state index contributed by atoms with van der Waals surface area (Å²) < 4.78 is 6.79. The van der Waals surface area contributed by atoms with Crippen LogP contribution in [0.5, 0.6) is 5.75 Å². The molecule has 0 saturated carbocycles. The van der Waals surface area contributed by atoms with E-state index in [1.807, 2.05) is 63.2 Å². The van der Waals surface area contributed by atoms with Crippen molar-refractivity contribution in [1.29, 1.82) is 0 Å². The van der Waals surface area contributed by atoms with E-state index in [1.54, 1.807) is 11.8 Å². The van der Waals surface area contributed by atoms with E-state index in [0.29, 0.717) is 10.7 Å². The molecule has 0 saturated heterocycles. The lowest BCUT2D eigenvalue weighted by molar-refractivity contribution is 0.0993. The van der Waals surface area contributed by atoms with Gasteiger partial charge >= 0.3 is 0 Å². The summed E-state index contributed by atoms with van der Waals surface area (Å²) >= 11 is 1.34. The largest absolute Gasteiger partial charge is 0.497 e. The van der Waals surface area contributed by atoms with Crippen molar-refractivity contribution < 1.29 is 9.53 Å². The number of thioether (sulfide) groups is 1. The highest BCUT2D eigenvalue weighted by Crippen LogP contribution is 2.26. The number of nitrogens with zero attached hydrogens (tertiary/aromatic N) is 4. The normalized spacial score (nSPS) is 12.0. The van der Waals surface area contributed by atoms with Crippen LogP contribution in [0.1, 0.15) is 28.4 Å². The highest BCUT2D eigenvalue weighted by atomic mass is 32.2. The van der Waals surface area contributed by atoms with Crippen LogP contribution in [-0.2, 0) is 0 Å². The molecular weight excluding hydrogens is 348 g/mol. The Morgan fingerprint density at radius 2 is 1.85 bits per heavy atom. The Labute approximate surface area is 156 Å². The van der Waals surface area contributed by atoms with Gasteiger partial charge in [-0.25, -0.2) is 0 Å². The van der Waals surface area contributed by atoms with Crippen molar-refractivity contribution in [1.82, 2.24) is 20.2 Å². The van der Waals surface area contributed by atoms with Crippen LogP contribution in [0.2, 0.25) is 0 Å². The quantitative estimate of drug-likeness (QED) is 0.489. The van der Waals surface area contributed by atoms with E-state index < -0.39 is 0 Å². The number of rotatable bonds is 6. The Hall–Kier alpha value is -2.67. The van der Waals surface area contributed by atoms with E-state index in [9.17, 15) is 4.79 Å². The first-order valence-corrected chi connectivity index (χ1v) is 9.08. The molecule has 1 heterocycles. The first-order valence-electron chi connectivity index (χ1n) is 8.20. The monoisotopic (exact) mass is 368 g/mol. The average Bonchev–Trinajstić information content (AvgIpc) is 3.11. The molecule has 3 rings (SSSR count). The first kappa shape index (κ1) is 18.1. The highest BCUT2D eigenvalue weighted by molar-refractivity contribution is 8.00. The molecule has 0 amide bonds. The zero-order valence-corrected chi connectivity index (χ0v) is 15.9. The Bertz CT molecular complexity index is 922. The Balaban J connectivity index is 1.79. The number of ether oxygens (including phenoxy) is 1. The van der Waals surface area contributed by atoms with Crippen LogP contribution in [0.3, 0.4) is 0 Å². The third-order valence-electron chi connectivity index (χ3n) is 4.20. The zero-order valence-electron chi connectivity index (χ0n) is 15.1. The van der Waals surface area contributed by atoms with E-state index in [4.69, 9.17) is 4.74 Å². The minimum absolute atomic E-state index is 0.0578. The second kappa shape index (κ2) is 7.70. The van der Waals surface area contributed by atoms with E-state index in [-0.39, 0.29) is 11.0 Å². The molecule has 0 spiro atoms. The van der Waals surface area contributed by atoms with Crippen LogP contribution in [0.15, 0.2) is 47.6 Å². The number of benzene rings is 2. The van der Waals surface area contributed by atoms with Gasteiger partial charge in [0.25, 0.3) is 0 Å². The molecule has 1 atom stereocenters. The van der Waals surface area contributed by atoms with E-state index >= 15 is 0 Å². The molecule has 1 unspecified atom stereocenters. The van der Waals surface area contributed by atoms with Gasteiger partial charge in [-0.2, -0.15) is 4.68 Å². The number of Topliss-reactive ketones (excluding diaryl/α,β-unsaturated/α-hetero) is 1. The van der Waals surface area contributed by atoms with Crippen LogP contribution >= 0.6 is 11.8 Å². The van der Waals surface area contributed by atoms with Gasteiger partial charge in [0.2, 0.25) is 5.16 Å². The molecule has 0 N–H and O–H groups in total. The molecule has 0 bridgehead atoms. The van der Waals surface area contributed by atoms with Crippen molar-refractivity contribution in [2.24, 2.45) is 0 Å². The molecule has 0 aliphatic rings. The number of ketones is 1. The number of tetrazole rings is 1. The van der Waals surface area contributed by atoms with Crippen LogP contribution in [0.25, 0.3) is 5.69 Å². The van der Waals surface area contributed by atoms with Crippen molar-refractivity contribution in [3.63, 3.8) is 0 Å². The molecule has 134 valence electrons. The lowest BCUT2D eigenvalue weighted by atomic mass is 10.0. The second-order valence-corrected chi connectivity index (χ2v) is 7.30. The summed E-state index contributed by atoms with van der Waals surface area (Å²) in [7, 11) is 1.62. The van der Waals surface area contributed by atoms with Crippen molar-refractivity contribution in [2.45, 2.75) is 31.2 Å². The van der Waals surface area contributed by atoms with Gasteiger partial charge in [0.15, 0.2) is 5.78 Å². The fourth-order valence-electron chi connectivity index (χ4n) is 2.48. The minimum atomic E-state index is -0.305. The molecule has 0 aliphatic carbocycles. The number of carbonyl (C=O) groups is 1. The topological polar surface area (TPSA) is 69.9 Å². The lowest BCUT2D eigenvalue weighted by Crippen LogP contribution is -2.15. The van der Waals surface area contributed by atoms with Gasteiger partial charge < -0.3 is 4.74 Å². The predicted molar refractivity (Wildman–Crippen MR) is 101 cm³/mol. The van der Waals surface area contributed by atoms with Crippen molar-refractivity contribution in [2.75, 3.05) is 7.11 Å². The number of methoxy groups -OCH3 is 1. The number of aromatic nitrogens is 4. The van der Waals surface area contributed by atoms with E-state index in [1.165, 1.54) is 17.3 Å².